The third-order valence-corrected chi connectivity index (χ3v) is 7.72. The van der Waals surface area contributed by atoms with Gasteiger partial charge in [-0.15, -0.1) is 0 Å². The van der Waals surface area contributed by atoms with Crippen molar-refractivity contribution < 1.29 is 14.0 Å². The number of amides is 2. The summed E-state index contributed by atoms with van der Waals surface area (Å²) in [6, 6.07) is 16.5. The lowest BCUT2D eigenvalue weighted by Crippen LogP contribution is -2.64. The molecule has 0 bridgehead atoms. The molecule has 0 aliphatic carbocycles. The van der Waals surface area contributed by atoms with Crippen molar-refractivity contribution >= 4 is 22.7 Å². The van der Waals surface area contributed by atoms with Gasteiger partial charge in [0.1, 0.15) is 11.5 Å². The zero-order valence-electron chi connectivity index (χ0n) is 20.9. The number of likely N-dealkylation sites (tertiary alicyclic amines) is 1. The first-order valence-electron chi connectivity index (χ1n) is 12.7. The van der Waals surface area contributed by atoms with Crippen molar-refractivity contribution in [2.45, 2.75) is 12.5 Å². The Morgan fingerprint density at radius 1 is 0.946 bits per heavy atom. The predicted molar refractivity (Wildman–Crippen MR) is 140 cm³/mol. The van der Waals surface area contributed by atoms with Gasteiger partial charge in [-0.3, -0.25) is 14.5 Å². The minimum Gasteiger partial charge on any atom is -0.357 e. The second-order valence-corrected chi connectivity index (χ2v) is 10.1. The number of carbonyl (C=O) groups is 2. The van der Waals surface area contributed by atoms with Crippen LogP contribution >= 0.6 is 0 Å². The molecule has 4 aromatic rings. The van der Waals surface area contributed by atoms with Crippen LogP contribution in [0.15, 0.2) is 67.0 Å². The van der Waals surface area contributed by atoms with E-state index in [0.717, 1.165) is 35.1 Å². The van der Waals surface area contributed by atoms with E-state index in [1.54, 1.807) is 6.20 Å². The monoisotopic (exact) mass is 499 g/mol. The van der Waals surface area contributed by atoms with Crippen molar-refractivity contribution in [3.8, 4) is 0 Å². The van der Waals surface area contributed by atoms with Crippen LogP contribution in [0.3, 0.4) is 0 Å². The lowest BCUT2D eigenvalue weighted by Gasteiger charge is -2.48. The van der Waals surface area contributed by atoms with Crippen molar-refractivity contribution in [1.82, 2.24) is 24.3 Å². The standard InChI is InChI=1S/C29H30FN5O2/c1-32-17-22(15-20-4-7-23(30)8-5-20)25-9-6-21(16-27(25)32)28(36)35-18-24(19-35)33-11-13-34(14-12-33)29(37)26-3-2-10-31-26/h2-10,16-17,24,31H,11-15,18-19H2,1H3. The lowest BCUT2D eigenvalue weighted by molar-refractivity contribution is 0.00844. The van der Waals surface area contributed by atoms with Gasteiger partial charge in [0.2, 0.25) is 0 Å². The second-order valence-electron chi connectivity index (χ2n) is 10.1. The fourth-order valence-corrected chi connectivity index (χ4v) is 5.52. The fraction of sp³-hybridized carbons (Fsp3) is 0.310. The summed E-state index contributed by atoms with van der Waals surface area (Å²) in [5.74, 6) is -0.130. The molecule has 2 fully saturated rings. The highest BCUT2D eigenvalue weighted by atomic mass is 19.1. The molecule has 1 N–H and O–H groups in total. The van der Waals surface area contributed by atoms with Gasteiger partial charge in [-0.05, 0) is 53.9 Å². The van der Waals surface area contributed by atoms with Crippen molar-refractivity contribution in [3.05, 3.63) is 95.2 Å². The molecular weight excluding hydrogens is 469 g/mol. The van der Waals surface area contributed by atoms with Gasteiger partial charge in [0, 0.05) is 81.2 Å². The molecule has 8 heteroatoms. The smallest absolute Gasteiger partial charge is 0.270 e. The number of halogens is 1. The number of H-pyrrole nitrogens is 1. The second kappa shape index (κ2) is 9.52. The van der Waals surface area contributed by atoms with Crippen LogP contribution in [-0.2, 0) is 13.5 Å². The molecule has 4 heterocycles. The first kappa shape index (κ1) is 23.5. The number of rotatable bonds is 5. The molecule has 37 heavy (non-hydrogen) atoms. The Morgan fingerprint density at radius 3 is 2.41 bits per heavy atom. The van der Waals surface area contributed by atoms with Crippen LogP contribution in [-0.4, -0.2) is 81.4 Å². The summed E-state index contributed by atoms with van der Waals surface area (Å²) in [6.45, 7) is 4.48. The van der Waals surface area contributed by atoms with E-state index in [1.165, 1.54) is 12.1 Å². The Morgan fingerprint density at radius 2 is 1.70 bits per heavy atom. The number of nitrogens with zero attached hydrogens (tertiary/aromatic N) is 4. The zero-order chi connectivity index (χ0) is 25.5. The van der Waals surface area contributed by atoms with E-state index in [0.29, 0.717) is 49.9 Å². The van der Waals surface area contributed by atoms with E-state index in [1.807, 2.05) is 59.3 Å². The number of piperazine rings is 1. The lowest BCUT2D eigenvalue weighted by atomic mass is 10.0. The van der Waals surface area contributed by atoms with Gasteiger partial charge in [-0.25, -0.2) is 4.39 Å². The molecule has 2 amide bonds. The Kier molecular flexibility index (Phi) is 6.04. The first-order valence-corrected chi connectivity index (χ1v) is 12.7. The van der Waals surface area contributed by atoms with Crippen LogP contribution < -0.4 is 0 Å². The number of nitrogens with one attached hydrogen (secondary N) is 1. The Labute approximate surface area is 215 Å². The van der Waals surface area contributed by atoms with Crippen LogP contribution in [0.4, 0.5) is 4.39 Å². The molecule has 0 atom stereocenters. The zero-order valence-corrected chi connectivity index (χ0v) is 20.9. The van der Waals surface area contributed by atoms with Gasteiger partial charge in [0.05, 0.1) is 0 Å². The average molecular weight is 500 g/mol. The van der Waals surface area contributed by atoms with Crippen LogP contribution in [0.25, 0.3) is 10.9 Å². The molecule has 190 valence electrons. The van der Waals surface area contributed by atoms with Crippen molar-refractivity contribution in [2.75, 3.05) is 39.3 Å². The van der Waals surface area contributed by atoms with E-state index in [9.17, 15) is 14.0 Å². The number of carbonyl (C=O) groups excluding carboxylic acids is 2. The summed E-state index contributed by atoms with van der Waals surface area (Å²) in [6.07, 6.45) is 4.57. The highest BCUT2D eigenvalue weighted by Crippen LogP contribution is 2.27. The molecule has 0 unspecified atom stereocenters. The van der Waals surface area contributed by atoms with E-state index in [4.69, 9.17) is 0 Å². The van der Waals surface area contributed by atoms with Crippen molar-refractivity contribution in [1.29, 1.82) is 0 Å². The summed E-state index contributed by atoms with van der Waals surface area (Å²) < 4.78 is 15.3. The van der Waals surface area contributed by atoms with Gasteiger partial charge in [-0.2, -0.15) is 0 Å². The number of hydrogen-bond acceptors (Lipinski definition) is 3. The van der Waals surface area contributed by atoms with Gasteiger partial charge in [0.25, 0.3) is 11.8 Å². The minimum absolute atomic E-state index is 0.0481. The maximum Gasteiger partial charge on any atom is 0.270 e. The van der Waals surface area contributed by atoms with E-state index < -0.39 is 0 Å². The van der Waals surface area contributed by atoms with Crippen LogP contribution in [0, 0.1) is 5.82 Å². The molecule has 2 saturated heterocycles. The molecule has 2 aromatic carbocycles. The molecule has 2 aliphatic heterocycles. The SMILES string of the molecule is Cn1cc(Cc2ccc(F)cc2)c2ccc(C(=O)N3CC(N4CCN(C(=O)c5ccc[nH]5)CC4)C3)cc21. The number of aromatic nitrogens is 2. The normalized spacial score (nSPS) is 16.8. The van der Waals surface area contributed by atoms with Gasteiger partial charge in [0.15, 0.2) is 0 Å². The highest BCUT2D eigenvalue weighted by Gasteiger charge is 2.37. The Hall–Kier alpha value is -3.91. The Balaban J connectivity index is 1.06. The molecule has 2 aromatic heterocycles. The fourth-order valence-electron chi connectivity index (χ4n) is 5.52. The molecule has 0 radical (unpaired) electrons. The number of aryl methyl sites for hydroxylation is 1. The van der Waals surface area contributed by atoms with Gasteiger partial charge >= 0.3 is 0 Å². The van der Waals surface area contributed by atoms with Crippen LogP contribution in [0.1, 0.15) is 32.0 Å². The van der Waals surface area contributed by atoms with Gasteiger partial charge < -0.3 is 19.4 Å². The van der Waals surface area contributed by atoms with Gasteiger partial charge in [-0.1, -0.05) is 18.2 Å². The molecule has 7 nitrogen and oxygen atoms in total. The van der Waals surface area contributed by atoms with E-state index >= 15 is 0 Å². The third-order valence-electron chi connectivity index (χ3n) is 7.72. The summed E-state index contributed by atoms with van der Waals surface area (Å²) in [5, 5.41) is 1.11. The van der Waals surface area contributed by atoms with E-state index in [2.05, 4.69) is 20.6 Å². The van der Waals surface area contributed by atoms with Crippen LogP contribution in [0.5, 0.6) is 0 Å². The molecule has 2 aliphatic rings. The maximum absolute atomic E-state index is 13.3. The summed E-state index contributed by atoms with van der Waals surface area (Å²) >= 11 is 0. The highest BCUT2D eigenvalue weighted by molar-refractivity contribution is 5.99. The number of aromatic amines is 1. The topological polar surface area (TPSA) is 64.6 Å². The molecular formula is C29H30FN5O2. The largest absolute Gasteiger partial charge is 0.357 e. The first-order chi connectivity index (χ1) is 18.0. The molecule has 6 rings (SSSR count). The Bertz CT molecular complexity index is 1430. The average Bonchev–Trinajstić information content (AvgIpc) is 3.53. The van der Waals surface area contributed by atoms with Crippen LogP contribution in [0.2, 0.25) is 0 Å². The summed E-state index contributed by atoms with van der Waals surface area (Å²) in [7, 11) is 1.99. The molecule has 0 spiro atoms. The van der Waals surface area contributed by atoms with E-state index in [-0.39, 0.29) is 17.6 Å². The molecule has 0 saturated carbocycles. The summed E-state index contributed by atoms with van der Waals surface area (Å²) in [4.78, 5) is 35.0. The maximum atomic E-state index is 13.3. The number of hydrogen-bond donors (Lipinski definition) is 1. The van der Waals surface area contributed by atoms with Crippen molar-refractivity contribution in [2.24, 2.45) is 7.05 Å². The number of benzene rings is 2. The summed E-state index contributed by atoms with van der Waals surface area (Å²) in [5.41, 5.74) is 4.55. The quantitative estimate of drug-likeness (QED) is 0.457. The third kappa shape index (κ3) is 4.53. The minimum atomic E-state index is -0.233. The number of fused-ring (bicyclic) bond motifs is 1. The van der Waals surface area contributed by atoms with Crippen molar-refractivity contribution in [3.63, 3.8) is 0 Å². The predicted octanol–water partition coefficient (Wildman–Crippen LogP) is 3.52.